The van der Waals surface area contributed by atoms with Crippen molar-refractivity contribution >= 4 is 39.7 Å². The highest BCUT2D eigenvalue weighted by Gasteiger charge is 2.16. The summed E-state index contributed by atoms with van der Waals surface area (Å²) in [4.78, 5) is 20.2. The van der Waals surface area contributed by atoms with Gasteiger partial charge >= 0.3 is 0 Å². The van der Waals surface area contributed by atoms with Crippen LogP contribution in [0.2, 0.25) is 0 Å². The molecule has 114 valence electrons. The lowest BCUT2D eigenvalue weighted by Gasteiger charge is -2.19. The Bertz CT molecular complexity index is 905. The number of hydrogen-bond donors (Lipinski definition) is 3. The van der Waals surface area contributed by atoms with Gasteiger partial charge in [0.05, 0.1) is 23.4 Å². The zero-order valence-corrected chi connectivity index (χ0v) is 12.6. The summed E-state index contributed by atoms with van der Waals surface area (Å²) < 4.78 is 0. The third kappa shape index (κ3) is 2.55. The fourth-order valence-electron chi connectivity index (χ4n) is 2.60. The summed E-state index contributed by atoms with van der Waals surface area (Å²) in [5.74, 6) is 0.656. The predicted molar refractivity (Wildman–Crippen MR) is 91.1 cm³/mol. The van der Waals surface area contributed by atoms with Crippen LogP contribution >= 0.6 is 0 Å². The third-order valence-electron chi connectivity index (χ3n) is 3.80. The third-order valence-corrected chi connectivity index (χ3v) is 3.80. The van der Waals surface area contributed by atoms with Crippen molar-refractivity contribution in [3.05, 3.63) is 48.3 Å². The largest absolute Gasteiger partial charge is 0.374 e. The van der Waals surface area contributed by atoms with E-state index in [0.29, 0.717) is 5.82 Å². The van der Waals surface area contributed by atoms with Gasteiger partial charge in [-0.1, -0.05) is 17.7 Å². The van der Waals surface area contributed by atoms with Crippen LogP contribution in [0.4, 0.5) is 22.9 Å². The molecule has 3 N–H and O–H groups in total. The molecule has 0 spiro atoms. The molecule has 6 heteroatoms. The Morgan fingerprint density at radius 3 is 2.74 bits per heavy atom. The maximum atomic E-state index is 11.5. The Labute approximate surface area is 133 Å². The van der Waals surface area contributed by atoms with E-state index in [9.17, 15) is 4.79 Å². The van der Waals surface area contributed by atoms with Crippen LogP contribution in [0.1, 0.15) is 5.56 Å². The molecule has 1 aromatic heterocycles. The van der Waals surface area contributed by atoms with Gasteiger partial charge < -0.3 is 16.0 Å². The number of aromatic nitrogens is 2. The van der Waals surface area contributed by atoms with E-state index in [4.69, 9.17) is 0 Å². The van der Waals surface area contributed by atoms with Gasteiger partial charge in [-0.15, -0.1) is 0 Å². The van der Waals surface area contributed by atoms with Gasteiger partial charge in [-0.3, -0.25) is 4.79 Å². The molecule has 0 bridgehead atoms. The molecule has 0 saturated heterocycles. The van der Waals surface area contributed by atoms with E-state index >= 15 is 0 Å². The number of nitrogens with zero attached hydrogens (tertiary/aromatic N) is 2. The number of aryl methyl sites for hydroxylation is 1. The van der Waals surface area contributed by atoms with Gasteiger partial charge in [0.25, 0.3) is 0 Å². The highest BCUT2D eigenvalue weighted by molar-refractivity contribution is 6.05. The first-order chi connectivity index (χ1) is 11.2. The second-order valence-electron chi connectivity index (χ2n) is 5.53. The fourth-order valence-corrected chi connectivity index (χ4v) is 2.60. The Morgan fingerprint density at radius 1 is 1.09 bits per heavy atom. The predicted octanol–water partition coefficient (Wildman–Crippen LogP) is 3.05. The minimum Gasteiger partial charge on any atom is -0.374 e. The number of carbonyl (C=O) groups excluding carboxylic acids is 1. The molecule has 4 rings (SSSR count). The standard InChI is InChI=1S/C17H15N5O/c1-10-2-4-11(5-3-10)21-17-12-6-15-14(18-8-16(23)22-15)7-13(12)19-9-20-17/h2-7,9,18H,8H2,1H3,(H,22,23)(H,19,20,21). The van der Waals surface area contributed by atoms with Crippen molar-refractivity contribution in [2.45, 2.75) is 6.92 Å². The molecule has 2 heterocycles. The second-order valence-corrected chi connectivity index (χ2v) is 5.53. The fraction of sp³-hybridized carbons (Fsp3) is 0.118. The molecule has 1 aliphatic rings. The summed E-state index contributed by atoms with van der Waals surface area (Å²) in [6.45, 7) is 2.32. The van der Waals surface area contributed by atoms with E-state index in [1.165, 1.54) is 11.9 Å². The van der Waals surface area contributed by atoms with Crippen molar-refractivity contribution in [1.82, 2.24) is 9.97 Å². The Morgan fingerprint density at radius 2 is 1.91 bits per heavy atom. The summed E-state index contributed by atoms with van der Waals surface area (Å²) in [5.41, 5.74) is 4.59. The van der Waals surface area contributed by atoms with Crippen LogP contribution in [0.15, 0.2) is 42.7 Å². The number of amides is 1. The summed E-state index contributed by atoms with van der Waals surface area (Å²) in [6.07, 6.45) is 1.53. The monoisotopic (exact) mass is 305 g/mol. The molecule has 0 aliphatic carbocycles. The first-order valence-electron chi connectivity index (χ1n) is 7.35. The Balaban J connectivity index is 1.79. The van der Waals surface area contributed by atoms with Gasteiger partial charge in [-0.2, -0.15) is 0 Å². The quantitative estimate of drug-likeness (QED) is 0.678. The number of rotatable bonds is 2. The average Bonchev–Trinajstić information content (AvgIpc) is 2.56. The summed E-state index contributed by atoms with van der Waals surface area (Å²) in [6, 6.07) is 11.9. The number of benzene rings is 2. The van der Waals surface area contributed by atoms with E-state index in [1.807, 2.05) is 43.3 Å². The molecule has 6 nitrogen and oxygen atoms in total. The van der Waals surface area contributed by atoms with Crippen LogP contribution in [0.3, 0.4) is 0 Å². The Hall–Kier alpha value is -3.15. The van der Waals surface area contributed by atoms with Crippen LogP contribution < -0.4 is 16.0 Å². The SMILES string of the molecule is Cc1ccc(Nc2ncnc3cc4c(cc23)NC(=O)CN4)cc1. The van der Waals surface area contributed by atoms with Crippen LogP contribution in [-0.2, 0) is 4.79 Å². The molecule has 0 saturated carbocycles. The maximum absolute atomic E-state index is 11.5. The van der Waals surface area contributed by atoms with Gasteiger partial charge in [0.1, 0.15) is 12.1 Å². The van der Waals surface area contributed by atoms with E-state index < -0.39 is 0 Å². The van der Waals surface area contributed by atoms with Crippen LogP contribution in [0.5, 0.6) is 0 Å². The molecule has 0 radical (unpaired) electrons. The summed E-state index contributed by atoms with van der Waals surface area (Å²) >= 11 is 0. The molecule has 1 amide bonds. The first kappa shape index (κ1) is 13.5. The van der Waals surface area contributed by atoms with E-state index in [2.05, 4.69) is 25.9 Å². The number of fused-ring (bicyclic) bond motifs is 2. The van der Waals surface area contributed by atoms with Gasteiger partial charge in [-0.25, -0.2) is 9.97 Å². The molecule has 2 aromatic carbocycles. The van der Waals surface area contributed by atoms with Crippen LogP contribution in [0.25, 0.3) is 10.9 Å². The molecular weight excluding hydrogens is 290 g/mol. The molecule has 0 fully saturated rings. The number of nitrogens with one attached hydrogen (secondary N) is 3. The molecule has 23 heavy (non-hydrogen) atoms. The molecule has 0 atom stereocenters. The van der Waals surface area contributed by atoms with Crippen molar-refractivity contribution in [3.8, 4) is 0 Å². The normalized spacial score (nSPS) is 13.2. The van der Waals surface area contributed by atoms with E-state index in [-0.39, 0.29) is 12.5 Å². The second kappa shape index (κ2) is 5.24. The zero-order valence-electron chi connectivity index (χ0n) is 12.6. The Kier molecular flexibility index (Phi) is 3.08. The smallest absolute Gasteiger partial charge is 0.243 e. The average molecular weight is 305 g/mol. The topological polar surface area (TPSA) is 78.9 Å². The summed E-state index contributed by atoms with van der Waals surface area (Å²) in [5, 5.41) is 10.1. The van der Waals surface area contributed by atoms with Crippen molar-refractivity contribution in [3.63, 3.8) is 0 Å². The highest BCUT2D eigenvalue weighted by atomic mass is 16.2. The molecule has 0 unspecified atom stereocenters. The van der Waals surface area contributed by atoms with E-state index in [0.717, 1.165) is 28.0 Å². The molecule has 1 aliphatic heterocycles. The lowest BCUT2D eigenvalue weighted by Crippen LogP contribution is -2.27. The van der Waals surface area contributed by atoms with Crippen molar-refractivity contribution in [2.75, 3.05) is 22.5 Å². The van der Waals surface area contributed by atoms with Crippen molar-refractivity contribution in [2.24, 2.45) is 0 Å². The van der Waals surface area contributed by atoms with Gasteiger partial charge in [-0.05, 0) is 31.2 Å². The summed E-state index contributed by atoms with van der Waals surface area (Å²) in [7, 11) is 0. The highest BCUT2D eigenvalue weighted by Crippen LogP contribution is 2.32. The molecular formula is C17H15N5O. The minimum absolute atomic E-state index is 0.0539. The van der Waals surface area contributed by atoms with Gasteiger partial charge in [0, 0.05) is 11.1 Å². The lowest BCUT2D eigenvalue weighted by molar-refractivity contribution is -0.114. The maximum Gasteiger partial charge on any atom is 0.243 e. The van der Waals surface area contributed by atoms with Gasteiger partial charge in [0.2, 0.25) is 5.91 Å². The van der Waals surface area contributed by atoms with Crippen molar-refractivity contribution < 1.29 is 4.79 Å². The number of anilines is 4. The van der Waals surface area contributed by atoms with Gasteiger partial charge in [0.15, 0.2) is 0 Å². The minimum atomic E-state index is -0.0539. The van der Waals surface area contributed by atoms with E-state index in [1.54, 1.807) is 0 Å². The first-order valence-corrected chi connectivity index (χ1v) is 7.35. The lowest BCUT2D eigenvalue weighted by atomic mass is 10.1. The zero-order chi connectivity index (χ0) is 15.8. The van der Waals surface area contributed by atoms with Crippen LogP contribution in [-0.4, -0.2) is 22.4 Å². The number of carbonyl (C=O) groups is 1. The van der Waals surface area contributed by atoms with Crippen LogP contribution in [0, 0.1) is 6.92 Å². The van der Waals surface area contributed by atoms with Crippen molar-refractivity contribution in [1.29, 1.82) is 0 Å². The molecule has 3 aromatic rings. The number of hydrogen-bond acceptors (Lipinski definition) is 5.